The van der Waals surface area contributed by atoms with Gasteiger partial charge in [0, 0.05) is 24.7 Å². The van der Waals surface area contributed by atoms with Gasteiger partial charge in [0.25, 0.3) is 0 Å². The molecule has 0 radical (unpaired) electrons. The maximum atomic E-state index is 6.13. The van der Waals surface area contributed by atoms with Gasteiger partial charge in [0.05, 0.1) is 12.6 Å². The van der Waals surface area contributed by atoms with Gasteiger partial charge in [0.15, 0.2) is 11.8 Å². The number of fused-ring (bicyclic) bond motifs is 1. The molecule has 158 valence electrons. The van der Waals surface area contributed by atoms with Gasteiger partial charge >= 0.3 is 0 Å². The number of aliphatic imine (C=N–C) groups is 1. The van der Waals surface area contributed by atoms with Crippen LogP contribution in [0.1, 0.15) is 37.7 Å². The molecule has 8 heteroatoms. The fraction of sp³-hybridized carbons (Fsp3) is 0.318. The van der Waals surface area contributed by atoms with Crippen LogP contribution in [0.5, 0.6) is 5.75 Å². The molecule has 3 aromatic rings. The van der Waals surface area contributed by atoms with E-state index in [4.69, 9.17) is 4.74 Å². The molecule has 0 bridgehead atoms. The lowest BCUT2D eigenvalue weighted by Gasteiger charge is -2.38. The van der Waals surface area contributed by atoms with E-state index in [-0.39, 0.29) is 35.6 Å². The topological polar surface area (TPSA) is 76.4 Å². The molecule has 0 aliphatic carbocycles. The minimum atomic E-state index is -0.252. The summed E-state index contributed by atoms with van der Waals surface area (Å²) in [4.78, 5) is 4.40. The molecular formula is C22H27IN6O. The molecule has 2 aromatic carbocycles. The van der Waals surface area contributed by atoms with Crippen LogP contribution in [0.2, 0.25) is 0 Å². The van der Waals surface area contributed by atoms with Gasteiger partial charge in [-0.1, -0.05) is 36.4 Å². The van der Waals surface area contributed by atoms with Crippen LogP contribution in [0.4, 0.5) is 0 Å². The summed E-state index contributed by atoms with van der Waals surface area (Å²) in [5.41, 5.74) is 1.91. The summed E-state index contributed by atoms with van der Waals surface area (Å²) < 4.78 is 8.09. The lowest BCUT2D eigenvalue weighted by molar-refractivity contribution is 0.0694. The van der Waals surface area contributed by atoms with E-state index in [1.807, 2.05) is 53.1 Å². The Morgan fingerprint density at radius 3 is 2.67 bits per heavy atom. The van der Waals surface area contributed by atoms with Gasteiger partial charge in [-0.2, -0.15) is 0 Å². The fourth-order valence-corrected chi connectivity index (χ4v) is 3.64. The van der Waals surface area contributed by atoms with Crippen LogP contribution < -0.4 is 15.4 Å². The average molecular weight is 518 g/mol. The fourth-order valence-electron chi connectivity index (χ4n) is 3.64. The number of para-hydroxylation sites is 2. The third-order valence-corrected chi connectivity index (χ3v) is 4.98. The van der Waals surface area contributed by atoms with Crippen molar-refractivity contribution in [2.24, 2.45) is 4.99 Å². The van der Waals surface area contributed by atoms with Crippen LogP contribution in [0, 0.1) is 0 Å². The van der Waals surface area contributed by atoms with E-state index < -0.39 is 0 Å². The van der Waals surface area contributed by atoms with Crippen molar-refractivity contribution in [1.29, 1.82) is 0 Å². The Labute approximate surface area is 194 Å². The number of guanidine groups is 1. The number of rotatable bonds is 4. The van der Waals surface area contributed by atoms with Gasteiger partial charge < -0.3 is 15.4 Å². The van der Waals surface area contributed by atoms with E-state index >= 15 is 0 Å². The van der Waals surface area contributed by atoms with Crippen molar-refractivity contribution in [3.63, 3.8) is 0 Å². The van der Waals surface area contributed by atoms with E-state index in [1.165, 1.54) is 0 Å². The first-order valence-electron chi connectivity index (χ1n) is 9.75. The van der Waals surface area contributed by atoms with Gasteiger partial charge in [-0.15, -0.1) is 34.2 Å². The summed E-state index contributed by atoms with van der Waals surface area (Å²) in [6.45, 7) is 4.72. The molecule has 2 N–H and O–H groups in total. The lowest BCUT2D eigenvalue weighted by Crippen LogP contribution is -2.45. The van der Waals surface area contributed by atoms with Crippen LogP contribution in [0.3, 0.4) is 0 Å². The molecular weight excluding hydrogens is 491 g/mol. The van der Waals surface area contributed by atoms with Crippen LogP contribution >= 0.6 is 24.0 Å². The molecule has 1 aliphatic heterocycles. The Kier molecular flexibility index (Phi) is 6.96. The quantitative estimate of drug-likeness (QED) is 0.312. The standard InChI is InChI=1S/C22H26N6O.HI/c1-22(2)13-18(17-11-7-8-12-19(17)29-22)26-21(23-3)24-14-20-27-25-15-28(20)16-9-5-4-6-10-16;/h4-12,15,18H,13-14H2,1-3H3,(H2,23,24,26);1H. The van der Waals surface area contributed by atoms with Crippen LogP contribution in [-0.2, 0) is 6.54 Å². The maximum absolute atomic E-state index is 6.13. The van der Waals surface area contributed by atoms with Crippen LogP contribution in [0.25, 0.3) is 5.69 Å². The number of hydrogen-bond donors (Lipinski definition) is 2. The third kappa shape index (κ3) is 4.92. The van der Waals surface area contributed by atoms with Crippen molar-refractivity contribution in [3.8, 4) is 11.4 Å². The summed E-state index contributed by atoms with van der Waals surface area (Å²) in [5.74, 6) is 2.44. The zero-order chi connectivity index (χ0) is 20.3. The Bertz CT molecular complexity index is 1000. The monoisotopic (exact) mass is 518 g/mol. The Hall–Kier alpha value is -2.62. The number of nitrogens with one attached hydrogen (secondary N) is 2. The largest absolute Gasteiger partial charge is 0.487 e. The Morgan fingerprint density at radius 1 is 1.17 bits per heavy atom. The Balaban J connectivity index is 0.00000256. The summed E-state index contributed by atoms with van der Waals surface area (Å²) >= 11 is 0. The summed E-state index contributed by atoms with van der Waals surface area (Å²) in [6, 6.07) is 18.3. The zero-order valence-electron chi connectivity index (χ0n) is 17.4. The zero-order valence-corrected chi connectivity index (χ0v) is 19.7. The van der Waals surface area contributed by atoms with Crippen LogP contribution in [0.15, 0.2) is 65.9 Å². The molecule has 7 nitrogen and oxygen atoms in total. The summed E-state index contributed by atoms with van der Waals surface area (Å²) in [5, 5.41) is 15.2. The third-order valence-electron chi connectivity index (χ3n) is 4.98. The molecule has 0 spiro atoms. The molecule has 1 aromatic heterocycles. The minimum absolute atomic E-state index is 0. The predicted molar refractivity (Wildman–Crippen MR) is 129 cm³/mol. The van der Waals surface area contributed by atoms with Crippen molar-refractivity contribution in [2.75, 3.05) is 7.05 Å². The number of benzene rings is 2. The van der Waals surface area contributed by atoms with Gasteiger partial charge in [-0.3, -0.25) is 9.56 Å². The normalized spacial score (nSPS) is 17.3. The maximum Gasteiger partial charge on any atom is 0.191 e. The highest BCUT2D eigenvalue weighted by atomic mass is 127. The first-order valence-corrected chi connectivity index (χ1v) is 9.75. The summed E-state index contributed by atoms with van der Waals surface area (Å²) in [7, 11) is 1.77. The minimum Gasteiger partial charge on any atom is -0.487 e. The van der Waals surface area contributed by atoms with E-state index in [0.29, 0.717) is 12.5 Å². The highest BCUT2D eigenvalue weighted by Crippen LogP contribution is 2.39. The first-order chi connectivity index (χ1) is 14.1. The second-order valence-electron chi connectivity index (χ2n) is 7.68. The van der Waals surface area contributed by atoms with Gasteiger partial charge in [0.1, 0.15) is 17.7 Å². The first kappa shape index (κ1) is 22.1. The number of hydrogen-bond acceptors (Lipinski definition) is 4. The number of aromatic nitrogens is 3. The molecule has 30 heavy (non-hydrogen) atoms. The smallest absolute Gasteiger partial charge is 0.191 e. The van der Waals surface area contributed by atoms with Crippen molar-refractivity contribution in [2.45, 2.75) is 38.5 Å². The van der Waals surface area contributed by atoms with E-state index in [9.17, 15) is 0 Å². The molecule has 1 atom stereocenters. The lowest BCUT2D eigenvalue weighted by atomic mass is 9.90. The molecule has 0 saturated heterocycles. The Morgan fingerprint density at radius 2 is 1.90 bits per heavy atom. The van der Waals surface area contributed by atoms with E-state index in [2.05, 4.69) is 45.7 Å². The number of halogens is 1. The van der Waals surface area contributed by atoms with Crippen LogP contribution in [-0.4, -0.2) is 33.4 Å². The second-order valence-corrected chi connectivity index (χ2v) is 7.68. The SMILES string of the molecule is CN=C(NCc1nncn1-c1ccccc1)NC1CC(C)(C)Oc2ccccc21.I. The van der Waals surface area contributed by atoms with Gasteiger partial charge in [0.2, 0.25) is 0 Å². The molecule has 1 aliphatic rings. The second kappa shape index (κ2) is 9.46. The molecule has 1 unspecified atom stereocenters. The van der Waals surface area contributed by atoms with E-state index in [1.54, 1.807) is 13.4 Å². The highest BCUT2D eigenvalue weighted by molar-refractivity contribution is 14.0. The highest BCUT2D eigenvalue weighted by Gasteiger charge is 2.33. The molecule has 4 rings (SSSR count). The van der Waals surface area contributed by atoms with Gasteiger partial charge in [-0.05, 0) is 32.0 Å². The predicted octanol–water partition coefficient (Wildman–Crippen LogP) is 3.85. The van der Waals surface area contributed by atoms with Crippen molar-refractivity contribution in [1.82, 2.24) is 25.4 Å². The molecule has 0 amide bonds. The molecule has 0 fully saturated rings. The summed E-state index contributed by atoms with van der Waals surface area (Å²) in [6.07, 6.45) is 2.56. The van der Waals surface area contributed by atoms with Crippen molar-refractivity contribution < 1.29 is 4.74 Å². The molecule has 0 saturated carbocycles. The van der Waals surface area contributed by atoms with Crippen molar-refractivity contribution in [3.05, 3.63) is 72.3 Å². The van der Waals surface area contributed by atoms with Gasteiger partial charge in [-0.25, -0.2) is 0 Å². The number of ether oxygens (including phenoxy) is 1. The number of nitrogens with zero attached hydrogens (tertiary/aromatic N) is 4. The van der Waals surface area contributed by atoms with E-state index in [0.717, 1.165) is 29.2 Å². The molecule has 2 heterocycles. The van der Waals surface area contributed by atoms with Crippen molar-refractivity contribution >= 4 is 29.9 Å². The average Bonchev–Trinajstić information content (AvgIpc) is 3.19.